The molecule has 3 aliphatic carbocycles. The minimum Gasteiger partial charge on any atom is -0.458 e. The highest BCUT2D eigenvalue weighted by molar-refractivity contribution is 5.96. The lowest BCUT2D eigenvalue weighted by Crippen LogP contribution is -2.65. The third-order valence-corrected chi connectivity index (χ3v) is 7.99. The number of aliphatic hydroxyl groups is 1. The molecule has 3 aliphatic rings. The molecule has 0 spiro atoms. The number of aliphatic imine (C=N–C) groups is 1. The number of hydrogen-bond acceptors (Lipinski definition) is 4. The van der Waals surface area contributed by atoms with Gasteiger partial charge in [-0.15, -0.1) is 0 Å². The van der Waals surface area contributed by atoms with E-state index in [1.165, 1.54) is 51.4 Å². The number of rotatable bonds is 13. The SMILES string of the molecule is CCCCCCCCCCCC[C@H](N=C1C[C@H]2C[C@H](C2(C)C)[C@@]1(C)O)C(=O)OC(C)(C)C. The molecular weight excluding hydrogens is 398 g/mol. The summed E-state index contributed by atoms with van der Waals surface area (Å²) in [6, 6.07) is -0.495. The third-order valence-electron chi connectivity index (χ3n) is 7.99. The summed E-state index contributed by atoms with van der Waals surface area (Å²) in [5.41, 5.74) is -0.468. The second-order valence-corrected chi connectivity index (χ2v) is 12.3. The van der Waals surface area contributed by atoms with Gasteiger partial charge in [-0.3, -0.25) is 4.99 Å². The highest BCUT2D eigenvalue weighted by Gasteiger charge is 2.61. The molecule has 0 unspecified atom stereocenters. The number of fused-ring (bicyclic) bond motifs is 2. The molecule has 0 aromatic heterocycles. The first-order chi connectivity index (χ1) is 14.9. The molecule has 3 fully saturated rings. The largest absolute Gasteiger partial charge is 0.458 e. The lowest BCUT2D eigenvalue weighted by atomic mass is 9.44. The first kappa shape index (κ1) is 27.3. The molecule has 4 atom stereocenters. The van der Waals surface area contributed by atoms with Gasteiger partial charge in [0.2, 0.25) is 0 Å². The lowest BCUT2D eigenvalue weighted by Gasteiger charge is -2.62. The second-order valence-electron chi connectivity index (χ2n) is 12.3. The molecule has 32 heavy (non-hydrogen) atoms. The maximum absolute atomic E-state index is 12.9. The van der Waals surface area contributed by atoms with Crippen molar-refractivity contribution in [2.75, 3.05) is 0 Å². The zero-order valence-electron chi connectivity index (χ0n) is 22.1. The number of ether oxygens (including phenoxy) is 1. The zero-order chi connectivity index (χ0) is 24.0. The maximum Gasteiger partial charge on any atom is 0.331 e. The molecule has 0 heterocycles. The molecular formula is C28H51NO3. The van der Waals surface area contributed by atoms with Crippen molar-refractivity contribution in [1.29, 1.82) is 0 Å². The Labute approximate surface area is 198 Å². The summed E-state index contributed by atoms with van der Waals surface area (Å²) in [6.07, 6.45) is 15.3. The number of carbonyl (C=O) groups is 1. The number of unbranched alkanes of at least 4 members (excludes halogenated alkanes) is 9. The summed E-state index contributed by atoms with van der Waals surface area (Å²) in [5.74, 6) is 0.544. The van der Waals surface area contributed by atoms with Gasteiger partial charge in [-0.1, -0.05) is 85.0 Å². The Balaban J connectivity index is 1.89. The van der Waals surface area contributed by atoms with Gasteiger partial charge in [-0.05, 0) is 64.2 Å². The molecule has 0 saturated heterocycles. The van der Waals surface area contributed by atoms with E-state index in [2.05, 4.69) is 20.8 Å². The summed E-state index contributed by atoms with van der Waals surface area (Å²) in [7, 11) is 0. The summed E-state index contributed by atoms with van der Waals surface area (Å²) in [5, 5.41) is 11.3. The minimum atomic E-state index is -0.920. The fourth-order valence-corrected chi connectivity index (χ4v) is 5.76. The number of carbonyl (C=O) groups excluding carboxylic acids is 1. The van der Waals surface area contributed by atoms with Gasteiger partial charge in [0.15, 0.2) is 0 Å². The first-order valence-corrected chi connectivity index (χ1v) is 13.4. The van der Waals surface area contributed by atoms with Crippen LogP contribution in [0, 0.1) is 17.3 Å². The highest BCUT2D eigenvalue weighted by Crippen LogP contribution is 2.61. The normalized spacial score (nSPS) is 28.9. The van der Waals surface area contributed by atoms with Crippen LogP contribution in [0.15, 0.2) is 4.99 Å². The van der Waals surface area contributed by atoms with Crippen LogP contribution in [-0.4, -0.2) is 34.0 Å². The standard InChI is InChI=1S/C28H51NO3/c1-8-9-10-11-12-13-14-15-16-17-18-22(25(30)32-26(2,3)4)29-24-20-21-19-23(27(21,5)6)28(24,7)31/h21-23,31H,8-20H2,1-7H3/t21-,22+,23-,28-/m1/s1. The van der Waals surface area contributed by atoms with Crippen molar-refractivity contribution in [3.05, 3.63) is 0 Å². The Morgan fingerprint density at radius 3 is 2.03 bits per heavy atom. The van der Waals surface area contributed by atoms with Crippen molar-refractivity contribution in [2.45, 2.75) is 149 Å². The van der Waals surface area contributed by atoms with E-state index < -0.39 is 17.2 Å². The van der Waals surface area contributed by atoms with Gasteiger partial charge < -0.3 is 9.84 Å². The average molecular weight is 450 g/mol. The Hall–Kier alpha value is -0.900. The van der Waals surface area contributed by atoms with Crippen molar-refractivity contribution in [2.24, 2.45) is 22.2 Å². The summed E-state index contributed by atoms with van der Waals surface area (Å²) < 4.78 is 5.70. The summed E-state index contributed by atoms with van der Waals surface area (Å²) >= 11 is 0. The van der Waals surface area contributed by atoms with E-state index in [0.717, 1.165) is 31.4 Å². The van der Waals surface area contributed by atoms with Crippen LogP contribution in [0.2, 0.25) is 0 Å². The highest BCUT2D eigenvalue weighted by atomic mass is 16.6. The average Bonchev–Trinajstić information content (AvgIpc) is 2.67. The Morgan fingerprint density at radius 2 is 1.56 bits per heavy atom. The van der Waals surface area contributed by atoms with E-state index in [1.54, 1.807) is 0 Å². The van der Waals surface area contributed by atoms with Crippen molar-refractivity contribution >= 4 is 11.7 Å². The fourth-order valence-electron chi connectivity index (χ4n) is 5.76. The van der Waals surface area contributed by atoms with E-state index in [9.17, 15) is 9.90 Å². The molecule has 0 aliphatic heterocycles. The van der Waals surface area contributed by atoms with Gasteiger partial charge in [0, 0.05) is 5.71 Å². The molecule has 0 aromatic carbocycles. The van der Waals surface area contributed by atoms with Crippen LogP contribution >= 0.6 is 0 Å². The van der Waals surface area contributed by atoms with E-state index in [-0.39, 0.29) is 17.3 Å². The van der Waals surface area contributed by atoms with E-state index in [1.807, 2.05) is 27.7 Å². The molecule has 186 valence electrons. The number of hydrogen-bond donors (Lipinski definition) is 1. The molecule has 2 bridgehead atoms. The maximum atomic E-state index is 12.9. The predicted molar refractivity (Wildman–Crippen MR) is 134 cm³/mol. The van der Waals surface area contributed by atoms with Crippen LogP contribution < -0.4 is 0 Å². The van der Waals surface area contributed by atoms with Gasteiger partial charge in [-0.25, -0.2) is 4.79 Å². The topological polar surface area (TPSA) is 58.9 Å². The molecule has 0 amide bonds. The smallest absolute Gasteiger partial charge is 0.331 e. The van der Waals surface area contributed by atoms with Crippen LogP contribution in [0.3, 0.4) is 0 Å². The molecule has 4 nitrogen and oxygen atoms in total. The van der Waals surface area contributed by atoms with Gasteiger partial charge >= 0.3 is 5.97 Å². The van der Waals surface area contributed by atoms with E-state index >= 15 is 0 Å². The first-order valence-electron chi connectivity index (χ1n) is 13.4. The van der Waals surface area contributed by atoms with E-state index in [0.29, 0.717) is 12.3 Å². The quantitative estimate of drug-likeness (QED) is 0.238. The Kier molecular flexibility index (Phi) is 9.82. The van der Waals surface area contributed by atoms with Crippen molar-refractivity contribution < 1.29 is 14.6 Å². The summed E-state index contributed by atoms with van der Waals surface area (Å²) in [6.45, 7) is 14.4. The predicted octanol–water partition coefficient (Wildman–Crippen LogP) is 7.27. The van der Waals surface area contributed by atoms with Crippen LogP contribution in [-0.2, 0) is 9.53 Å². The molecule has 4 heteroatoms. The number of esters is 1. The summed E-state index contributed by atoms with van der Waals surface area (Å²) in [4.78, 5) is 17.8. The van der Waals surface area contributed by atoms with E-state index in [4.69, 9.17) is 9.73 Å². The molecule has 0 aromatic rings. The zero-order valence-corrected chi connectivity index (χ0v) is 22.1. The van der Waals surface area contributed by atoms with Gasteiger partial charge in [-0.2, -0.15) is 0 Å². The van der Waals surface area contributed by atoms with Crippen molar-refractivity contribution in [3.63, 3.8) is 0 Å². The van der Waals surface area contributed by atoms with Gasteiger partial charge in [0.05, 0.1) is 0 Å². The van der Waals surface area contributed by atoms with Gasteiger partial charge in [0.25, 0.3) is 0 Å². The minimum absolute atomic E-state index is 0.153. The van der Waals surface area contributed by atoms with Crippen LogP contribution in [0.4, 0.5) is 0 Å². The van der Waals surface area contributed by atoms with Crippen LogP contribution in [0.25, 0.3) is 0 Å². The van der Waals surface area contributed by atoms with Crippen LogP contribution in [0.5, 0.6) is 0 Å². The third kappa shape index (κ3) is 7.30. The van der Waals surface area contributed by atoms with Gasteiger partial charge in [0.1, 0.15) is 17.2 Å². The molecule has 0 radical (unpaired) electrons. The second kappa shape index (κ2) is 11.5. The molecule has 3 rings (SSSR count). The van der Waals surface area contributed by atoms with Crippen LogP contribution in [0.1, 0.15) is 132 Å². The van der Waals surface area contributed by atoms with Crippen molar-refractivity contribution in [3.8, 4) is 0 Å². The number of nitrogens with zero attached hydrogens (tertiary/aromatic N) is 1. The fraction of sp³-hybridized carbons (Fsp3) is 0.929. The Bertz CT molecular complexity index is 629. The van der Waals surface area contributed by atoms with Crippen molar-refractivity contribution in [1.82, 2.24) is 0 Å². The lowest BCUT2D eigenvalue weighted by molar-refractivity contribution is -0.156. The Morgan fingerprint density at radius 1 is 1.03 bits per heavy atom. The molecule has 3 saturated carbocycles. The monoisotopic (exact) mass is 449 g/mol. The molecule has 1 N–H and O–H groups in total.